The molecule has 0 spiro atoms. The third-order valence-electron chi connectivity index (χ3n) is 3.56. The van der Waals surface area contributed by atoms with Gasteiger partial charge in [-0.25, -0.2) is 0 Å². The van der Waals surface area contributed by atoms with Crippen LogP contribution in [0.1, 0.15) is 58.3 Å². The molecule has 128 valence electrons. The molecule has 0 heterocycles. The molecular weight excluding hydrogens is 286 g/mol. The highest BCUT2D eigenvalue weighted by Crippen LogP contribution is 2.08. The number of nitrogens with two attached hydrogens (primary N) is 1. The summed E-state index contributed by atoms with van der Waals surface area (Å²) in [4.78, 5) is 21.7. The van der Waals surface area contributed by atoms with Crippen molar-refractivity contribution in [3.8, 4) is 0 Å². The summed E-state index contributed by atoms with van der Waals surface area (Å²) >= 11 is 0. The molecule has 0 radical (unpaired) electrons. The smallest absolute Gasteiger partial charge is 0.323 e. The maximum absolute atomic E-state index is 11.1. The maximum atomic E-state index is 11.1. The van der Waals surface area contributed by atoms with E-state index in [9.17, 15) is 19.8 Å². The van der Waals surface area contributed by atoms with Crippen LogP contribution in [-0.4, -0.2) is 45.3 Å². The van der Waals surface area contributed by atoms with Crippen molar-refractivity contribution in [2.24, 2.45) is 5.73 Å². The molecule has 22 heavy (non-hydrogen) atoms. The van der Waals surface area contributed by atoms with Crippen LogP contribution in [0.25, 0.3) is 0 Å². The third-order valence-corrected chi connectivity index (χ3v) is 3.56. The van der Waals surface area contributed by atoms with Gasteiger partial charge in [-0.05, 0) is 25.7 Å². The molecule has 6 heteroatoms. The fourth-order valence-electron chi connectivity index (χ4n) is 1.99. The summed E-state index contributed by atoms with van der Waals surface area (Å²) in [6, 6.07) is -1.48. The molecule has 0 fully saturated rings. The molecule has 0 rings (SSSR count). The number of carbonyl (C=O) groups excluding carboxylic acids is 1. The Morgan fingerprint density at radius 3 is 2.32 bits per heavy atom. The lowest BCUT2D eigenvalue weighted by Gasteiger charge is -2.19. The highest BCUT2D eigenvalue weighted by Gasteiger charge is 2.27. The minimum atomic E-state index is -1.48. The van der Waals surface area contributed by atoms with E-state index in [1.165, 1.54) is 0 Å². The molecule has 0 aliphatic carbocycles. The van der Waals surface area contributed by atoms with E-state index in [0.29, 0.717) is 18.6 Å². The van der Waals surface area contributed by atoms with Crippen molar-refractivity contribution in [2.75, 3.05) is 0 Å². The average molecular weight is 315 g/mol. The minimum Gasteiger partial charge on any atom is -0.480 e. The molecule has 0 saturated heterocycles. The topological polar surface area (TPSA) is 121 Å². The fraction of sp³-hybridized carbons (Fsp3) is 0.750. The Bertz CT molecular complexity index is 356. The van der Waals surface area contributed by atoms with Gasteiger partial charge < -0.3 is 21.1 Å². The summed E-state index contributed by atoms with van der Waals surface area (Å²) in [7, 11) is 0. The van der Waals surface area contributed by atoms with Gasteiger partial charge in [-0.1, -0.05) is 31.9 Å². The number of carboxylic acids is 1. The quantitative estimate of drug-likeness (QED) is 0.301. The third kappa shape index (κ3) is 9.65. The molecule has 0 aromatic carbocycles. The molecule has 5 N–H and O–H groups in total. The fourth-order valence-corrected chi connectivity index (χ4v) is 1.99. The lowest BCUT2D eigenvalue weighted by Crippen LogP contribution is -2.47. The Labute approximate surface area is 132 Å². The van der Waals surface area contributed by atoms with Crippen molar-refractivity contribution in [2.45, 2.75) is 76.5 Å². The van der Waals surface area contributed by atoms with Gasteiger partial charge in [0, 0.05) is 12.8 Å². The number of unbranched alkanes of at least 4 members (excludes halogenated alkanes) is 4. The van der Waals surface area contributed by atoms with E-state index in [-0.39, 0.29) is 6.42 Å². The molecule has 3 unspecified atom stereocenters. The number of hydrogen-bond acceptors (Lipinski definition) is 5. The van der Waals surface area contributed by atoms with Gasteiger partial charge >= 0.3 is 5.97 Å². The van der Waals surface area contributed by atoms with Gasteiger partial charge in [0.15, 0.2) is 0 Å². The first kappa shape index (κ1) is 20.8. The number of Topliss-reactive ketones (excluding diaryl/α,β-unsaturated/α-hetero) is 1. The molecule has 0 aromatic heterocycles. The van der Waals surface area contributed by atoms with E-state index in [4.69, 9.17) is 10.8 Å². The first-order chi connectivity index (χ1) is 10.4. The number of hydrogen-bond donors (Lipinski definition) is 4. The zero-order chi connectivity index (χ0) is 17.0. The Balaban J connectivity index is 3.66. The van der Waals surface area contributed by atoms with Crippen LogP contribution in [0.4, 0.5) is 0 Å². The van der Waals surface area contributed by atoms with Crippen LogP contribution in [0.15, 0.2) is 12.2 Å². The average Bonchev–Trinajstić information content (AvgIpc) is 2.50. The minimum absolute atomic E-state index is 0.174. The van der Waals surface area contributed by atoms with Crippen molar-refractivity contribution < 1.29 is 24.9 Å². The number of ketones is 1. The summed E-state index contributed by atoms with van der Waals surface area (Å²) in [5.41, 5.74) is 5.23. The van der Waals surface area contributed by atoms with Crippen molar-refractivity contribution in [1.29, 1.82) is 0 Å². The first-order valence-electron chi connectivity index (χ1n) is 7.91. The predicted octanol–water partition coefficient (Wildman–Crippen LogP) is 1.39. The maximum Gasteiger partial charge on any atom is 0.323 e. The molecule has 0 amide bonds. The van der Waals surface area contributed by atoms with Crippen LogP contribution in [0, 0.1) is 0 Å². The van der Waals surface area contributed by atoms with Gasteiger partial charge in [0.1, 0.15) is 17.9 Å². The van der Waals surface area contributed by atoms with Gasteiger partial charge in [0.25, 0.3) is 0 Å². The molecule has 6 nitrogen and oxygen atoms in total. The first-order valence-corrected chi connectivity index (χ1v) is 7.91. The SMILES string of the molecule is CCC(=O)CCCCCC/C=C/CC(O)C(O)C(N)C(=O)O. The normalized spacial score (nSPS) is 15.6. The molecular formula is C16H29NO5. The summed E-state index contributed by atoms with van der Waals surface area (Å²) in [6.07, 6.45) is 7.32. The van der Waals surface area contributed by atoms with E-state index in [2.05, 4.69) is 0 Å². The van der Waals surface area contributed by atoms with Crippen LogP contribution >= 0.6 is 0 Å². The Morgan fingerprint density at radius 1 is 1.09 bits per heavy atom. The standard InChI is InChI=1S/C16H29NO5/c1-2-12(18)10-8-6-4-3-5-7-9-11-13(19)15(20)14(17)16(21)22/h7,9,13-15,19-20H,2-6,8,10-11,17H2,1H3,(H,21,22)/b9-7+. The van der Waals surface area contributed by atoms with Crippen LogP contribution in [0.2, 0.25) is 0 Å². The summed E-state index contributed by atoms with van der Waals surface area (Å²) in [5, 5.41) is 27.7. The number of carbonyl (C=O) groups is 2. The van der Waals surface area contributed by atoms with Gasteiger partial charge in [0.2, 0.25) is 0 Å². The second kappa shape index (κ2) is 12.3. The Hall–Kier alpha value is -1.24. The molecule has 0 bridgehead atoms. The number of carboxylic acid groups (broad SMARTS) is 1. The predicted molar refractivity (Wildman–Crippen MR) is 84.4 cm³/mol. The molecule has 0 saturated carbocycles. The summed E-state index contributed by atoms with van der Waals surface area (Å²) in [6.45, 7) is 1.88. The molecule has 0 aliphatic heterocycles. The van der Waals surface area contributed by atoms with Crippen molar-refractivity contribution in [3.63, 3.8) is 0 Å². The Kier molecular flexibility index (Phi) is 11.6. The summed E-state index contributed by atoms with van der Waals surface area (Å²) < 4.78 is 0. The highest BCUT2D eigenvalue weighted by atomic mass is 16.4. The van der Waals surface area contributed by atoms with Crippen molar-refractivity contribution >= 4 is 11.8 Å². The number of aliphatic hydroxyl groups is 2. The largest absolute Gasteiger partial charge is 0.480 e. The van der Waals surface area contributed by atoms with Crippen molar-refractivity contribution in [1.82, 2.24) is 0 Å². The van der Waals surface area contributed by atoms with E-state index >= 15 is 0 Å². The summed E-state index contributed by atoms with van der Waals surface area (Å²) in [5.74, 6) is -1.02. The zero-order valence-electron chi connectivity index (χ0n) is 13.3. The highest BCUT2D eigenvalue weighted by molar-refractivity contribution is 5.77. The lowest BCUT2D eigenvalue weighted by atomic mass is 10.0. The van der Waals surface area contributed by atoms with Crippen LogP contribution in [0.3, 0.4) is 0 Å². The molecule has 0 aromatic rings. The van der Waals surface area contributed by atoms with Gasteiger partial charge in [-0.2, -0.15) is 0 Å². The monoisotopic (exact) mass is 315 g/mol. The van der Waals surface area contributed by atoms with E-state index in [1.807, 2.05) is 13.0 Å². The van der Waals surface area contributed by atoms with Crippen LogP contribution in [0.5, 0.6) is 0 Å². The van der Waals surface area contributed by atoms with Crippen LogP contribution in [-0.2, 0) is 9.59 Å². The van der Waals surface area contributed by atoms with Gasteiger partial charge in [-0.3, -0.25) is 9.59 Å². The number of rotatable bonds is 13. The second-order valence-electron chi connectivity index (χ2n) is 5.47. The van der Waals surface area contributed by atoms with E-state index in [1.54, 1.807) is 6.08 Å². The molecule has 3 atom stereocenters. The van der Waals surface area contributed by atoms with Crippen LogP contribution < -0.4 is 5.73 Å². The number of aliphatic carboxylic acids is 1. The number of aliphatic hydroxyl groups excluding tert-OH is 2. The lowest BCUT2D eigenvalue weighted by molar-refractivity contribution is -0.143. The molecule has 0 aliphatic rings. The zero-order valence-corrected chi connectivity index (χ0v) is 13.3. The number of allylic oxidation sites excluding steroid dienone is 1. The van der Waals surface area contributed by atoms with E-state index in [0.717, 1.165) is 32.1 Å². The second-order valence-corrected chi connectivity index (χ2v) is 5.47. The van der Waals surface area contributed by atoms with E-state index < -0.39 is 24.2 Å². The van der Waals surface area contributed by atoms with Gasteiger partial charge in [0.05, 0.1) is 6.10 Å². The van der Waals surface area contributed by atoms with Gasteiger partial charge in [-0.15, -0.1) is 0 Å². The Morgan fingerprint density at radius 2 is 1.73 bits per heavy atom. The van der Waals surface area contributed by atoms with Crippen molar-refractivity contribution in [3.05, 3.63) is 12.2 Å².